The molecule has 0 bridgehead atoms. The van der Waals surface area contributed by atoms with Crippen molar-refractivity contribution < 1.29 is 9.00 Å². The fourth-order valence-electron chi connectivity index (χ4n) is 2.07. The Kier molecular flexibility index (Phi) is 5.37. The van der Waals surface area contributed by atoms with E-state index < -0.39 is 10.8 Å². The largest absolute Gasteiger partial charge is 0.322 e. The Labute approximate surface area is 138 Å². The van der Waals surface area contributed by atoms with Crippen molar-refractivity contribution in [3.8, 4) is 0 Å². The molecule has 22 heavy (non-hydrogen) atoms. The van der Waals surface area contributed by atoms with Crippen molar-refractivity contribution in [1.29, 1.82) is 0 Å². The first-order chi connectivity index (χ1) is 10.4. The van der Waals surface area contributed by atoms with Gasteiger partial charge in [-0.05, 0) is 60.9 Å². The molecule has 0 aliphatic rings. The molecule has 0 saturated carbocycles. The summed E-state index contributed by atoms with van der Waals surface area (Å²) < 4.78 is 11.4. The van der Waals surface area contributed by atoms with E-state index >= 15 is 0 Å². The maximum atomic E-state index is 12.3. The second-order valence-electron chi connectivity index (χ2n) is 5.28. The van der Waals surface area contributed by atoms with Gasteiger partial charge in [-0.15, -0.1) is 0 Å². The lowest BCUT2D eigenvalue weighted by molar-refractivity contribution is 0.102. The third-order valence-corrected chi connectivity index (χ3v) is 4.52. The molecule has 2 rings (SSSR count). The van der Waals surface area contributed by atoms with Crippen LogP contribution in [0, 0.1) is 13.8 Å². The number of amides is 1. The Balaban J connectivity index is 2.21. The Morgan fingerprint density at radius 3 is 2.50 bits per heavy atom. The van der Waals surface area contributed by atoms with Gasteiger partial charge in [0.25, 0.3) is 5.91 Å². The normalized spacial score (nSPS) is 12.0. The topological polar surface area (TPSA) is 46.2 Å². The molecule has 116 valence electrons. The van der Waals surface area contributed by atoms with Gasteiger partial charge in [0.2, 0.25) is 0 Å². The van der Waals surface area contributed by atoms with E-state index in [9.17, 15) is 9.00 Å². The van der Waals surface area contributed by atoms with Crippen molar-refractivity contribution >= 4 is 34.0 Å². The Morgan fingerprint density at radius 1 is 1.14 bits per heavy atom. The molecular formula is C17H18ClNO2S. The highest BCUT2D eigenvalue weighted by Crippen LogP contribution is 2.22. The van der Waals surface area contributed by atoms with Crippen LogP contribution in [0.3, 0.4) is 0 Å². The molecule has 1 N–H and O–H groups in total. The van der Waals surface area contributed by atoms with Crippen LogP contribution >= 0.6 is 11.6 Å². The van der Waals surface area contributed by atoms with Crippen LogP contribution in [0.5, 0.6) is 0 Å². The maximum Gasteiger partial charge on any atom is 0.255 e. The van der Waals surface area contributed by atoms with Crippen LogP contribution in [-0.4, -0.2) is 16.4 Å². The number of rotatable bonds is 4. The Morgan fingerprint density at radius 2 is 1.86 bits per heavy atom. The molecule has 0 heterocycles. The van der Waals surface area contributed by atoms with E-state index in [0.29, 0.717) is 22.0 Å². The van der Waals surface area contributed by atoms with Crippen molar-refractivity contribution in [2.45, 2.75) is 19.6 Å². The quantitative estimate of drug-likeness (QED) is 0.914. The fourth-order valence-corrected chi connectivity index (χ4v) is 3.01. The van der Waals surface area contributed by atoms with Crippen LogP contribution in [0.4, 0.5) is 5.69 Å². The van der Waals surface area contributed by atoms with Crippen molar-refractivity contribution in [2.75, 3.05) is 11.6 Å². The van der Waals surface area contributed by atoms with Crippen LogP contribution in [0.2, 0.25) is 5.02 Å². The predicted octanol–water partition coefficient (Wildman–Crippen LogP) is 4.09. The summed E-state index contributed by atoms with van der Waals surface area (Å²) in [4.78, 5) is 12.3. The average Bonchev–Trinajstić information content (AvgIpc) is 2.45. The molecule has 0 spiro atoms. The second kappa shape index (κ2) is 7.07. The highest BCUT2D eigenvalue weighted by Gasteiger charge is 2.09. The van der Waals surface area contributed by atoms with E-state index in [1.807, 2.05) is 26.0 Å². The number of hydrogen-bond acceptors (Lipinski definition) is 2. The SMILES string of the molecule is Cc1ccc(C(=O)Nc2ccc(Cl)c(C[S@@](C)=O)c2)cc1C. The first-order valence-electron chi connectivity index (χ1n) is 6.84. The highest BCUT2D eigenvalue weighted by atomic mass is 35.5. The van der Waals surface area contributed by atoms with Gasteiger partial charge in [0, 0.05) is 39.1 Å². The van der Waals surface area contributed by atoms with E-state index in [-0.39, 0.29) is 5.91 Å². The minimum Gasteiger partial charge on any atom is -0.322 e. The monoisotopic (exact) mass is 335 g/mol. The molecule has 5 heteroatoms. The summed E-state index contributed by atoms with van der Waals surface area (Å²) in [5.74, 6) is 0.195. The Hall–Kier alpha value is -1.65. The number of anilines is 1. The minimum atomic E-state index is -0.987. The van der Waals surface area contributed by atoms with Gasteiger partial charge >= 0.3 is 0 Å². The second-order valence-corrected chi connectivity index (χ2v) is 7.12. The summed E-state index contributed by atoms with van der Waals surface area (Å²) >= 11 is 6.08. The first kappa shape index (κ1) is 16.7. The summed E-state index contributed by atoms with van der Waals surface area (Å²) in [6.45, 7) is 3.98. The smallest absolute Gasteiger partial charge is 0.255 e. The van der Waals surface area contributed by atoms with E-state index in [0.717, 1.165) is 16.7 Å². The molecule has 2 aromatic carbocycles. The number of nitrogens with one attached hydrogen (secondary N) is 1. The van der Waals surface area contributed by atoms with E-state index in [1.54, 1.807) is 30.5 Å². The molecule has 0 unspecified atom stereocenters. The molecule has 0 aliphatic carbocycles. The number of halogens is 1. The van der Waals surface area contributed by atoms with Gasteiger partial charge < -0.3 is 5.32 Å². The third kappa shape index (κ3) is 4.18. The van der Waals surface area contributed by atoms with Crippen molar-refractivity contribution in [3.63, 3.8) is 0 Å². The molecule has 0 radical (unpaired) electrons. The Bertz CT molecular complexity index is 743. The molecule has 0 fully saturated rings. The zero-order chi connectivity index (χ0) is 16.3. The summed E-state index contributed by atoms with van der Waals surface area (Å²) in [6.07, 6.45) is 1.62. The third-order valence-electron chi connectivity index (χ3n) is 3.43. The molecule has 0 aliphatic heterocycles. The standard InChI is InChI=1S/C17H18ClNO2S/c1-11-4-5-13(8-12(11)2)17(20)19-15-6-7-16(18)14(9-15)10-22(3)21/h4-9H,10H2,1-3H3,(H,19,20)/t22-/m1/s1. The predicted molar refractivity (Wildman–Crippen MR) is 93.1 cm³/mol. The average molecular weight is 336 g/mol. The first-order valence-corrected chi connectivity index (χ1v) is 8.94. The van der Waals surface area contributed by atoms with Gasteiger partial charge in [-0.1, -0.05) is 17.7 Å². The van der Waals surface area contributed by atoms with Crippen LogP contribution in [-0.2, 0) is 16.6 Å². The van der Waals surface area contributed by atoms with Crippen molar-refractivity contribution in [1.82, 2.24) is 0 Å². The number of carbonyl (C=O) groups excluding carboxylic acids is 1. The molecule has 3 nitrogen and oxygen atoms in total. The molecule has 2 aromatic rings. The fraction of sp³-hybridized carbons (Fsp3) is 0.235. The maximum absolute atomic E-state index is 12.3. The minimum absolute atomic E-state index is 0.172. The van der Waals surface area contributed by atoms with Crippen LogP contribution < -0.4 is 5.32 Å². The molecule has 0 saturated heterocycles. The van der Waals surface area contributed by atoms with Crippen LogP contribution in [0.1, 0.15) is 27.0 Å². The van der Waals surface area contributed by atoms with Gasteiger partial charge in [-0.2, -0.15) is 0 Å². The molecule has 1 atom stereocenters. The van der Waals surface area contributed by atoms with Gasteiger partial charge in [0.1, 0.15) is 0 Å². The molecule has 0 aromatic heterocycles. The van der Waals surface area contributed by atoms with Crippen molar-refractivity contribution in [3.05, 3.63) is 63.7 Å². The van der Waals surface area contributed by atoms with E-state index in [2.05, 4.69) is 5.32 Å². The molecule has 1 amide bonds. The zero-order valence-electron chi connectivity index (χ0n) is 12.8. The van der Waals surface area contributed by atoms with Gasteiger partial charge in [0.15, 0.2) is 0 Å². The lowest BCUT2D eigenvalue weighted by atomic mass is 10.1. The summed E-state index contributed by atoms with van der Waals surface area (Å²) in [5, 5.41) is 3.40. The van der Waals surface area contributed by atoms with Gasteiger partial charge in [-0.3, -0.25) is 9.00 Å². The van der Waals surface area contributed by atoms with Crippen LogP contribution in [0.15, 0.2) is 36.4 Å². The number of hydrogen-bond donors (Lipinski definition) is 1. The number of carbonyl (C=O) groups is 1. The van der Waals surface area contributed by atoms with E-state index in [1.165, 1.54) is 0 Å². The number of benzene rings is 2. The summed E-state index contributed by atoms with van der Waals surface area (Å²) in [7, 11) is -0.987. The number of aryl methyl sites for hydroxylation is 2. The summed E-state index contributed by atoms with van der Waals surface area (Å²) in [6, 6.07) is 10.8. The van der Waals surface area contributed by atoms with E-state index in [4.69, 9.17) is 11.6 Å². The van der Waals surface area contributed by atoms with Gasteiger partial charge in [0.05, 0.1) is 0 Å². The molecular weight excluding hydrogens is 318 g/mol. The van der Waals surface area contributed by atoms with Crippen molar-refractivity contribution in [2.24, 2.45) is 0 Å². The van der Waals surface area contributed by atoms with Crippen LogP contribution in [0.25, 0.3) is 0 Å². The highest BCUT2D eigenvalue weighted by molar-refractivity contribution is 7.83. The lowest BCUT2D eigenvalue weighted by Gasteiger charge is -2.10. The van der Waals surface area contributed by atoms with Gasteiger partial charge in [-0.25, -0.2) is 0 Å². The zero-order valence-corrected chi connectivity index (χ0v) is 14.3. The lowest BCUT2D eigenvalue weighted by Crippen LogP contribution is -2.12. The summed E-state index contributed by atoms with van der Waals surface area (Å²) in [5.41, 5.74) is 4.24.